The Morgan fingerprint density at radius 3 is 2.68 bits per heavy atom. The fourth-order valence-corrected chi connectivity index (χ4v) is 3.79. The first kappa shape index (κ1) is 21.0. The molecule has 4 rings (SSSR count). The van der Waals surface area contributed by atoms with Crippen molar-refractivity contribution in [1.82, 2.24) is 10.3 Å². The van der Waals surface area contributed by atoms with Gasteiger partial charge in [0.15, 0.2) is 0 Å². The van der Waals surface area contributed by atoms with E-state index in [4.69, 9.17) is 4.74 Å². The molecule has 1 N–H and O–H groups in total. The molecule has 1 aliphatic carbocycles. The van der Waals surface area contributed by atoms with Crippen molar-refractivity contribution >= 4 is 5.91 Å². The van der Waals surface area contributed by atoms with E-state index in [9.17, 15) is 9.18 Å². The number of nitrogens with one attached hydrogen (secondary N) is 1. The number of carbonyl (C=O) groups excluding carboxylic acids is 1. The molecule has 0 radical (unpaired) electrons. The van der Waals surface area contributed by atoms with Gasteiger partial charge in [-0.05, 0) is 78.8 Å². The van der Waals surface area contributed by atoms with Crippen molar-refractivity contribution in [2.45, 2.75) is 45.1 Å². The van der Waals surface area contributed by atoms with Gasteiger partial charge in [0.2, 0.25) is 5.91 Å². The Morgan fingerprint density at radius 2 is 2.00 bits per heavy atom. The Balaban J connectivity index is 1.41. The molecule has 1 saturated carbocycles. The van der Waals surface area contributed by atoms with E-state index in [1.54, 1.807) is 18.3 Å². The number of ether oxygens (including phenoxy) is 1. The van der Waals surface area contributed by atoms with Crippen LogP contribution in [0.25, 0.3) is 11.3 Å². The predicted octanol–water partition coefficient (Wildman–Crippen LogP) is 5.41. The molecular weight excluding hydrogens is 391 g/mol. The standard InChI is InChI=1S/C26H27FN2O2/c1-2-31-24-14-21(20-6-4-7-20)13-22(15-24)25-10-9-19(16-28-25)12-26(30)29-17-18-5-3-8-23(27)11-18/h3,5,8-11,13-16,20H,2,4,6-7,12,17H2,1H3,(H,29,30). The number of hydrogen-bond acceptors (Lipinski definition) is 3. The second-order valence-electron chi connectivity index (χ2n) is 7.99. The number of nitrogens with zero attached hydrogens (tertiary/aromatic N) is 1. The normalized spacial score (nSPS) is 13.5. The van der Waals surface area contributed by atoms with Gasteiger partial charge < -0.3 is 10.1 Å². The number of pyridine rings is 1. The Kier molecular flexibility index (Phi) is 6.60. The highest BCUT2D eigenvalue weighted by Gasteiger charge is 2.21. The number of aromatic nitrogens is 1. The van der Waals surface area contributed by atoms with Gasteiger partial charge in [-0.3, -0.25) is 9.78 Å². The fraction of sp³-hybridized carbons (Fsp3) is 0.308. The largest absolute Gasteiger partial charge is 0.494 e. The summed E-state index contributed by atoms with van der Waals surface area (Å²) in [5.74, 6) is 1.06. The fourth-order valence-electron chi connectivity index (χ4n) is 3.79. The third-order valence-electron chi connectivity index (χ3n) is 5.68. The van der Waals surface area contributed by atoms with Crippen LogP contribution >= 0.6 is 0 Å². The number of halogens is 1. The average Bonchev–Trinajstić information content (AvgIpc) is 2.72. The van der Waals surface area contributed by atoms with Gasteiger partial charge in [-0.2, -0.15) is 0 Å². The lowest BCUT2D eigenvalue weighted by Crippen LogP contribution is -2.24. The van der Waals surface area contributed by atoms with Crippen LogP contribution in [0.15, 0.2) is 60.8 Å². The van der Waals surface area contributed by atoms with E-state index in [0.717, 1.165) is 28.1 Å². The maximum Gasteiger partial charge on any atom is 0.224 e. The molecule has 1 aliphatic rings. The lowest BCUT2D eigenvalue weighted by atomic mass is 9.79. The molecule has 0 saturated heterocycles. The molecule has 0 aliphatic heterocycles. The number of amides is 1. The van der Waals surface area contributed by atoms with Crippen LogP contribution < -0.4 is 10.1 Å². The van der Waals surface area contributed by atoms with E-state index in [1.165, 1.54) is 37.0 Å². The van der Waals surface area contributed by atoms with E-state index >= 15 is 0 Å². The topological polar surface area (TPSA) is 51.2 Å². The molecule has 0 atom stereocenters. The number of benzene rings is 2. The average molecular weight is 419 g/mol. The third kappa shape index (κ3) is 5.48. The van der Waals surface area contributed by atoms with Crippen LogP contribution in [0.1, 0.15) is 48.8 Å². The summed E-state index contributed by atoms with van der Waals surface area (Å²) >= 11 is 0. The Hall–Kier alpha value is -3.21. The van der Waals surface area contributed by atoms with Crippen molar-refractivity contribution in [3.05, 3.63) is 83.3 Å². The van der Waals surface area contributed by atoms with Crippen LogP contribution in [0.3, 0.4) is 0 Å². The first-order chi connectivity index (χ1) is 15.1. The molecule has 4 nitrogen and oxygen atoms in total. The Labute approximate surface area is 182 Å². The monoisotopic (exact) mass is 418 g/mol. The summed E-state index contributed by atoms with van der Waals surface area (Å²) in [6.07, 6.45) is 5.72. The summed E-state index contributed by atoms with van der Waals surface area (Å²) in [5, 5.41) is 2.83. The highest BCUT2D eigenvalue weighted by Crippen LogP contribution is 2.39. The molecule has 0 unspecified atom stereocenters. The van der Waals surface area contributed by atoms with Crippen LogP contribution in [-0.4, -0.2) is 17.5 Å². The highest BCUT2D eigenvalue weighted by atomic mass is 19.1. The molecule has 1 fully saturated rings. The van der Waals surface area contributed by atoms with Crippen molar-refractivity contribution in [3.8, 4) is 17.0 Å². The third-order valence-corrected chi connectivity index (χ3v) is 5.68. The molecule has 1 heterocycles. The van der Waals surface area contributed by atoms with Crippen molar-refractivity contribution in [1.29, 1.82) is 0 Å². The van der Waals surface area contributed by atoms with Gasteiger partial charge in [-0.15, -0.1) is 0 Å². The van der Waals surface area contributed by atoms with Crippen LogP contribution in [0.2, 0.25) is 0 Å². The molecule has 1 amide bonds. The van der Waals surface area contributed by atoms with Gasteiger partial charge in [-0.1, -0.05) is 24.6 Å². The quantitative estimate of drug-likeness (QED) is 0.532. The maximum atomic E-state index is 13.2. The minimum absolute atomic E-state index is 0.121. The van der Waals surface area contributed by atoms with Crippen LogP contribution in [-0.2, 0) is 17.8 Å². The van der Waals surface area contributed by atoms with Crippen molar-refractivity contribution in [3.63, 3.8) is 0 Å². The lowest BCUT2D eigenvalue weighted by molar-refractivity contribution is -0.120. The summed E-state index contributed by atoms with van der Waals surface area (Å²) in [5.41, 5.74) is 4.79. The molecular formula is C26H27FN2O2. The number of carbonyl (C=O) groups is 1. The maximum absolute atomic E-state index is 13.2. The summed E-state index contributed by atoms with van der Waals surface area (Å²) < 4.78 is 19.0. The molecule has 31 heavy (non-hydrogen) atoms. The molecule has 160 valence electrons. The molecule has 3 aromatic rings. The van der Waals surface area contributed by atoms with Gasteiger partial charge in [0, 0.05) is 18.3 Å². The van der Waals surface area contributed by atoms with Gasteiger partial charge in [0.1, 0.15) is 11.6 Å². The van der Waals surface area contributed by atoms with Gasteiger partial charge in [0.25, 0.3) is 0 Å². The summed E-state index contributed by atoms with van der Waals surface area (Å²) in [7, 11) is 0. The summed E-state index contributed by atoms with van der Waals surface area (Å²) in [6, 6.07) is 16.5. The molecule has 2 aromatic carbocycles. The summed E-state index contributed by atoms with van der Waals surface area (Å²) in [6.45, 7) is 2.92. The first-order valence-corrected chi connectivity index (χ1v) is 10.8. The van der Waals surface area contributed by atoms with Crippen LogP contribution in [0.4, 0.5) is 4.39 Å². The van der Waals surface area contributed by atoms with E-state index in [2.05, 4.69) is 22.4 Å². The second-order valence-corrected chi connectivity index (χ2v) is 7.99. The lowest BCUT2D eigenvalue weighted by Gasteiger charge is -2.26. The molecule has 0 spiro atoms. The second kappa shape index (κ2) is 9.73. The van der Waals surface area contributed by atoms with E-state index in [0.29, 0.717) is 19.1 Å². The van der Waals surface area contributed by atoms with Crippen molar-refractivity contribution < 1.29 is 13.9 Å². The molecule has 5 heteroatoms. The first-order valence-electron chi connectivity index (χ1n) is 10.8. The minimum Gasteiger partial charge on any atom is -0.494 e. The van der Waals surface area contributed by atoms with E-state index < -0.39 is 0 Å². The van der Waals surface area contributed by atoms with Crippen molar-refractivity contribution in [2.75, 3.05) is 6.61 Å². The highest BCUT2D eigenvalue weighted by molar-refractivity contribution is 5.78. The predicted molar refractivity (Wildman–Crippen MR) is 119 cm³/mol. The number of hydrogen-bond donors (Lipinski definition) is 1. The van der Waals surface area contributed by atoms with E-state index in [-0.39, 0.29) is 18.1 Å². The zero-order valence-corrected chi connectivity index (χ0v) is 17.7. The molecule has 0 bridgehead atoms. The Bertz CT molecular complexity index is 1050. The Morgan fingerprint density at radius 1 is 1.13 bits per heavy atom. The SMILES string of the molecule is CCOc1cc(-c2ccc(CC(=O)NCc3cccc(F)c3)cn2)cc(C2CCC2)c1. The molecule has 1 aromatic heterocycles. The minimum atomic E-state index is -0.305. The number of rotatable bonds is 8. The van der Waals surface area contributed by atoms with Crippen LogP contribution in [0.5, 0.6) is 5.75 Å². The van der Waals surface area contributed by atoms with Crippen LogP contribution in [0, 0.1) is 5.82 Å². The smallest absolute Gasteiger partial charge is 0.224 e. The van der Waals surface area contributed by atoms with Gasteiger partial charge >= 0.3 is 0 Å². The van der Waals surface area contributed by atoms with Gasteiger partial charge in [0.05, 0.1) is 18.7 Å². The zero-order valence-electron chi connectivity index (χ0n) is 17.7. The van der Waals surface area contributed by atoms with E-state index in [1.807, 2.05) is 25.1 Å². The van der Waals surface area contributed by atoms with Crippen molar-refractivity contribution in [2.24, 2.45) is 0 Å². The zero-order chi connectivity index (χ0) is 21.6. The van der Waals surface area contributed by atoms with Gasteiger partial charge in [-0.25, -0.2) is 4.39 Å². The summed E-state index contributed by atoms with van der Waals surface area (Å²) in [4.78, 5) is 16.8.